The molecule has 4 heteroatoms. The van der Waals surface area contributed by atoms with Crippen molar-refractivity contribution in [3.63, 3.8) is 0 Å². The van der Waals surface area contributed by atoms with Crippen molar-refractivity contribution in [2.45, 2.75) is 11.6 Å². The number of hydrogen-bond donors (Lipinski definition) is 1. The fraction of sp³-hybridized carbons (Fsp3) is 0.121. The molecule has 184 valence electrons. The highest BCUT2D eigenvalue weighted by Gasteiger charge is 2.40. The Kier molecular flexibility index (Phi) is 7.29. The molecule has 37 heavy (non-hydrogen) atoms. The number of carbonyl (C=O) groups is 1. The first-order chi connectivity index (χ1) is 18.2. The van der Waals surface area contributed by atoms with Crippen LogP contribution in [0.4, 0.5) is 0 Å². The molecule has 5 aromatic rings. The second-order valence-corrected chi connectivity index (χ2v) is 8.89. The number of esters is 1. The summed E-state index contributed by atoms with van der Waals surface area (Å²) in [7, 11) is 1.41. The lowest BCUT2D eigenvalue weighted by molar-refractivity contribution is -0.144. The van der Waals surface area contributed by atoms with Gasteiger partial charge >= 0.3 is 5.97 Å². The van der Waals surface area contributed by atoms with Gasteiger partial charge in [-0.2, -0.15) is 0 Å². The van der Waals surface area contributed by atoms with Gasteiger partial charge in [0.05, 0.1) is 12.6 Å². The van der Waals surface area contributed by atoms with Gasteiger partial charge in [0.25, 0.3) is 0 Å². The zero-order valence-electron chi connectivity index (χ0n) is 20.7. The van der Waals surface area contributed by atoms with Crippen LogP contribution in [0.1, 0.15) is 16.7 Å². The van der Waals surface area contributed by atoms with E-state index in [4.69, 9.17) is 9.47 Å². The lowest BCUT2D eigenvalue weighted by Gasteiger charge is -2.39. The fourth-order valence-electron chi connectivity index (χ4n) is 4.82. The highest BCUT2D eigenvalue weighted by molar-refractivity contribution is 5.83. The Balaban J connectivity index is 1.57. The van der Waals surface area contributed by atoms with E-state index in [0.717, 1.165) is 27.5 Å². The van der Waals surface area contributed by atoms with E-state index >= 15 is 0 Å². The Morgan fingerprint density at radius 3 is 1.68 bits per heavy atom. The van der Waals surface area contributed by atoms with Crippen LogP contribution in [0.5, 0.6) is 5.75 Å². The molecule has 0 heterocycles. The van der Waals surface area contributed by atoms with Gasteiger partial charge in [-0.1, -0.05) is 121 Å². The molecule has 0 saturated carbocycles. The van der Waals surface area contributed by atoms with Crippen LogP contribution in [-0.2, 0) is 15.1 Å². The maximum Gasteiger partial charge on any atom is 0.326 e. The molecule has 5 aromatic carbocycles. The predicted octanol–water partition coefficient (Wildman–Crippen LogP) is 6.34. The molecule has 0 fully saturated rings. The van der Waals surface area contributed by atoms with E-state index in [1.165, 1.54) is 7.11 Å². The average molecular weight is 488 g/mol. The van der Waals surface area contributed by atoms with Crippen molar-refractivity contribution in [3.05, 3.63) is 150 Å². The summed E-state index contributed by atoms with van der Waals surface area (Å²) >= 11 is 0. The Hall–Kier alpha value is -4.41. The second kappa shape index (κ2) is 11.1. The maximum atomic E-state index is 13.2. The molecule has 0 bridgehead atoms. The summed E-state index contributed by atoms with van der Waals surface area (Å²) in [5.74, 6) is 0.298. The number of methoxy groups -OCH3 is 1. The largest absolute Gasteiger partial charge is 0.491 e. The van der Waals surface area contributed by atoms with Gasteiger partial charge in [0.2, 0.25) is 0 Å². The smallest absolute Gasteiger partial charge is 0.326 e. The maximum absolute atomic E-state index is 13.2. The van der Waals surface area contributed by atoms with Crippen molar-refractivity contribution >= 4 is 16.7 Å². The summed E-state index contributed by atoms with van der Waals surface area (Å²) in [5.41, 5.74) is 2.20. The van der Waals surface area contributed by atoms with Crippen LogP contribution in [-0.4, -0.2) is 25.7 Å². The van der Waals surface area contributed by atoms with Crippen molar-refractivity contribution < 1.29 is 14.3 Å². The molecule has 5 rings (SSSR count). The van der Waals surface area contributed by atoms with E-state index in [1.54, 1.807) is 0 Å². The van der Waals surface area contributed by atoms with Crippen LogP contribution in [0.25, 0.3) is 10.8 Å². The highest BCUT2D eigenvalue weighted by atomic mass is 16.5. The first-order valence-corrected chi connectivity index (χ1v) is 12.3. The summed E-state index contributed by atoms with van der Waals surface area (Å²) in [6.07, 6.45) is 0. The molecule has 1 atom stereocenters. The molecule has 0 aromatic heterocycles. The topological polar surface area (TPSA) is 47.6 Å². The third-order valence-electron chi connectivity index (χ3n) is 6.63. The van der Waals surface area contributed by atoms with Crippen molar-refractivity contribution in [2.24, 2.45) is 0 Å². The van der Waals surface area contributed by atoms with Crippen LogP contribution in [0.3, 0.4) is 0 Å². The van der Waals surface area contributed by atoms with Crippen LogP contribution in [0, 0.1) is 0 Å². The lowest BCUT2D eigenvalue weighted by atomic mass is 9.76. The average Bonchev–Trinajstić information content (AvgIpc) is 2.98. The van der Waals surface area contributed by atoms with Crippen molar-refractivity contribution in [1.82, 2.24) is 5.32 Å². The van der Waals surface area contributed by atoms with E-state index in [1.807, 2.05) is 91.0 Å². The first-order valence-electron chi connectivity index (χ1n) is 12.3. The number of benzene rings is 5. The Morgan fingerprint density at radius 2 is 1.16 bits per heavy atom. The summed E-state index contributed by atoms with van der Waals surface area (Å²) in [5, 5.41) is 5.89. The standard InChI is InChI=1S/C33H29NO3/c1-36-32(35)31(24-37-30-22-21-25-13-11-12-14-26(25)23-30)34-33(27-15-5-2-6-16-27,28-17-7-3-8-18-28)29-19-9-4-10-20-29/h2-23,31,34H,24H2,1H3/t31-/m1/s1. The SMILES string of the molecule is COC(=O)[C@@H](COc1ccc2ccccc2c1)NC(c1ccccc1)(c1ccccc1)c1ccccc1. The highest BCUT2D eigenvalue weighted by Crippen LogP contribution is 2.37. The Bertz CT molecular complexity index is 1360. The second-order valence-electron chi connectivity index (χ2n) is 8.89. The Morgan fingerprint density at radius 1 is 0.676 bits per heavy atom. The zero-order valence-corrected chi connectivity index (χ0v) is 20.7. The summed E-state index contributed by atoms with van der Waals surface area (Å²) in [6, 6.07) is 43.8. The van der Waals surface area contributed by atoms with Gasteiger partial charge in [-0.25, -0.2) is 0 Å². The minimum Gasteiger partial charge on any atom is -0.491 e. The number of ether oxygens (including phenoxy) is 2. The van der Waals surface area contributed by atoms with Crippen molar-refractivity contribution in [2.75, 3.05) is 13.7 Å². The minimum atomic E-state index is -0.824. The van der Waals surface area contributed by atoms with E-state index in [9.17, 15) is 4.79 Å². The first kappa shape index (κ1) is 24.3. The van der Waals surface area contributed by atoms with Crippen molar-refractivity contribution in [3.8, 4) is 5.75 Å². The molecule has 0 unspecified atom stereocenters. The molecule has 0 spiro atoms. The summed E-state index contributed by atoms with van der Waals surface area (Å²) < 4.78 is 11.4. The predicted molar refractivity (Wildman–Crippen MR) is 148 cm³/mol. The quantitative estimate of drug-likeness (QED) is 0.195. The third kappa shape index (κ3) is 5.11. The normalized spacial score (nSPS) is 12.1. The molecule has 1 N–H and O–H groups in total. The van der Waals surface area contributed by atoms with Gasteiger partial charge in [-0.15, -0.1) is 0 Å². The molecule has 0 radical (unpaired) electrons. The number of hydrogen-bond acceptors (Lipinski definition) is 4. The Labute approximate surface area is 217 Å². The molecule has 0 amide bonds. The number of fused-ring (bicyclic) bond motifs is 1. The van der Waals surface area contributed by atoms with Gasteiger partial charge in [0.1, 0.15) is 18.4 Å². The summed E-state index contributed by atoms with van der Waals surface area (Å²) in [4.78, 5) is 13.2. The van der Waals surface area contributed by atoms with E-state index in [0.29, 0.717) is 5.75 Å². The van der Waals surface area contributed by atoms with E-state index < -0.39 is 17.6 Å². The zero-order chi connectivity index (χ0) is 25.5. The number of nitrogens with one attached hydrogen (secondary N) is 1. The van der Waals surface area contributed by atoms with Gasteiger partial charge < -0.3 is 9.47 Å². The van der Waals surface area contributed by atoms with E-state index in [-0.39, 0.29) is 6.61 Å². The third-order valence-corrected chi connectivity index (χ3v) is 6.63. The molecule has 0 aliphatic heterocycles. The van der Waals surface area contributed by atoms with E-state index in [2.05, 4.69) is 47.8 Å². The lowest BCUT2D eigenvalue weighted by Crippen LogP contribution is -2.55. The van der Waals surface area contributed by atoms with Gasteiger partial charge in [0, 0.05) is 0 Å². The summed E-state index contributed by atoms with van der Waals surface area (Å²) in [6.45, 7) is 0.0965. The monoisotopic (exact) mass is 487 g/mol. The van der Waals surface area contributed by atoms with Gasteiger partial charge in [0.15, 0.2) is 0 Å². The number of carbonyl (C=O) groups excluding carboxylic acids is 1. The molecular weight excluding hydrogens is 458 g/mol. The van der Waals surface area contributed by atoms with Crippen LogP contribution >= 0.6 is 0 Å². The molecular formula is C33H29NO3. The molecule has 0 aliphatic rings. The number of rotatable bonds is 9. The van der Waals surface area contributed by atoms with Crippen molar-refractivity contribution in [1.29, 1.82) is 0 Å². The fourth-order valence-corrected chi connectivity index (χ4v) is 4.82. The van der Waals surface area contributed by atoms with Crippen LogP contribution in [0.15, 0.2) is 133 Å². The van der Waals surface area contributed by atoms with Crippen LogP contribution < -0.4 is 10.1 Å². The molecule has 0 saturated heterocycles. The van der Waals surface area contributed by atoms with Gasteiger partial charge in [-0.3, -0.25) is 10.1 Å². The minimum absolute atomic E-state index is 0.0965. The van der Waals surface area contributed by atoms with Gasteiger partial charge in [-0.05, 0) is 39.6 Å². The molecule has 0 aliphatic carbocycles. The molecule has 4 nitrogen and oxygen atoms in total. The van der Waals surface area contributed by atoms with Crippen LogP contribution in [0.2, 0.25) is 0 Å².